The minimum atomic E-state index is -0.421. The number of nitrogens with one attached hydrogen (secondary N) is 2. The first-order valence-electron chi connectivity index (χ1n) is 8.93. The Hall–Kier alpha value is -2.70. The molecule has 8 heteroatoms. The van der Waals surface area contributed by atoms with E-state index in [4.69, 9.17) is 32.5 Å². The van der Waals surface area contributed by atoms with E-state index in [0.717, 1.165) is 5.56 Å². The number of hydrogen-bond acceptors (Lipinski definition) is 4. The Balaban J connectivity index is 1.55. The molecule has 0 bridgehead atoms. The summed E-state index contributed by atoms with van der Waals surface area (Å²) in [6.07, 6.45) is 0. The Kier molecular flexibility index (Phi) is 6.35. The maximum atomic E-state index is 12.1. The highest BCUT2D eigenvalue weighted by atomic mass is 35.5. The van der Waals surface area contributed by atoms with E-state index < -0.39 is 6.03 Å². The van der Waals surface area contributed by atoms with Crippen molar-refractivity contribution in [3.8, 4) is 5.75 Å². The third kappa shape index (κ3) is 5.65. The standard InChI is InChI=1S/C21H21Cl2N3O3/c1-21(2,3)18-11-19(26-29-18)25-20(27)24-13-7-9-14(10-8-13)28-12-15-16(22)5-4-6-17(15)23/h4-11H,12H2,1-3H3,(H2,24,25,26,27). The van der Waals surface area contributed by atoms with E-state index in [1.807, 2.05) is 20.8 Å². The molecule has 2 N–H and O–H groups in total. The molecule has 0 aliphatic rings. The highest BCUT2D eigenvalue weighted by Gasteiger charge is 2.20. The maximum absolute atomic E-state index is 12.1. The van der Waals surface area contributed by atoms with E-state index >= 15 is 0 Å². The molecule has 0 radical (unpaired) electrons. The van der Waals surface area contributed by atoms with Gasteiger partial charge in [-0.15, -0.1) is 0 Å². The van der Waals surface area contributed by atoms with Crippen LogP contribution >= 0.6 is 23.2 Å². The molecule has 2 amide bonds. The van der Waals surface area contributed by atoms with E-state index in [1.165, 1.54) is 0 Å². The quantitative estimate of drug-likeness (QED) is 0.481. The molecular weight excluding hydrogens is 413 g/mol. The average Bonchev–Trinajstić information content (AvgIpc) is 3.11. The van der Waals surface area contributed by atoms with Gasteiger partial charge in [0.25, 0.3) is 0 Å². The minimum Gasteiger partial charge on any atom is -0.489 e. The summed E-state index contributed by atoms with van der Waals surface area (Å²) in [5, 5.41) is 10.3. The van der Waals surface area contributed by atoms with Crippen LogP contribution in [0.1, 0.15) is 32.1 Å². The van der Waals surface area contributed by atoms with Gasteiger partial charge in [0.05, 0.1) is 0 Å². The number of aromatic nitrogens is 1. The summed E-state index contributed by atoms with van der Waals surface area (Å²) in [5.41, 5.74) is 1.14. The second-order valence-electron chi connectivity index (χ2n) is 7.42. The van der Waals surface area contributed by atoms with Gasteiger partial charge in [0.2, 0.25) is 0 Å². The monoisotopic (exact) mass is 433 g/mol. The highest BCUT2D eigenvalue weighted by molar-refractivity contribution is 6.35. The van der Waals surface area contributed by atoms with Gasteiger partial charge in [-0.3, -0.25) is 5.32 Å². The number of benzene rings is 2. The van der Waals surface area contributed by atoms with Crippen LogP contribution in [0.2, 0.25) is 10.0 Å². The molecule has 1 heterocycles. The van der Waals surface area contributed by atoms with Crippen LogP contribution in [-0.2, 0) is 12.0 Å². The number of amides is 2. The van der Waals surface area contributed by atoms with Gasteiger partial charge < -0.3 is 14.6 Å². The van der Waals surface area contributed by atoms with Crippen LogP contribution in [0.4, 0.5) is 16.3 Å². The van der Waals surface area contributed by atoms with E-state index in [2.05, 4.69) is 15.8 Å². The van der Waals surface area contributed by atoms with Crippen molar-refractivity contribution in [2.24, 2.45) is 0 Å². The molecule has 0 aliphatic carbocycles. The summed E-state index contributed by atoms with van der Waals surface area (Å²) >= 11 is 12.3. The summed E-state index contributed by atoms with van der Waals surface area (Å²) < 4.78 is 11.0. The van der Waals surface area contributed by atoms with Crippen molar-refractivity contribution in [3.05, 3.63) is 69.9 Å². The van der Waals surface area contributed by atoms with Gasteiger partial charge >= 0.3 is 6.03 Å². The van der Waals surface area contributed by atoms with Crippen LogP contribution in [0.3, 0.4) is 0 Å². The Morgan fingerprint density at radius 3 is 2.31 bits per heavy atom. The Labute approximate surface area is 179 Å². The van der Waals surface area contributed by atoms with Gasteiger partial charge in [-0.2, -0.15) is 0 Å². The maximum Gasteiger partial charge on any atom is 0.324 e. The molecule has 152 valence electrons. The molecule has 1 aromatic heterocycles. The zero-order valence-electron chi connectivity index (χ0n) is 16.3. The van der Waals surface area contributed by atoms with Crippen LogP contribution in [0.15, 0.2) is 53.1 Å². The van der Waals surface area contributed by atoms with Crippen molar-refractivity contribution in [3.63, 3.8) is 0 Å². The number of carbonyl (C=O) groups is 1. The van der Waals surface area contributed by atoms with Crippen molar-refractivity contribution < 1.29 is 14.1 Å². The second kappa shape index (κ2) is 8.76. The molecule has 29 heavy (non-hydrogen) atoms. The molecule has 2 aromatic carbocycles. The topological polar surface area (TPSA) is 76.4 Å². The first-order chi connectivity index (χ1) is 13.7. The lowest BCUT2D eigenvalue weighted by Gasteiger charge is -2.12. The second-order valence-corrected chi connectivity index (χ2v) is 8.23. The number of halogens is 2. The van der Waals surface area contributed by atoms with Crippen molar-refractivity contribution in [2.75, 3.05) is 10.6 Å². The molecule has 3 aromatic rings. The third-order valence-corrected chi connectivity index (χ3v) is 4.76. The highest BCUT2D eigenvalue weighted by Crippen LogP contribution is 2.27. The number of anilines is 2. The molecule has 6 nitrogen and oxygen atoms in total. The summed E-state index contributed by atoms with van der Waals surface area (Å²) in [5.74, 6) is 1.66. The zero-order chi connectivity index (χ0) is 21.0. The minimum absolute atomic E-state index is 0.187. The molecular formula is C21H21Cl2N3O3. The van der Waals surface area contributed by atoms with Gasteiger partial charge in [-0.1, -0.05) is 55.2 Å². The lowest BCUT2D eigenvalue weighted by atomic mass is 9.93. The number of urea groups is 1. The third-order valence-electron chi connectivity index (χ3n) is 4.05. The van der Waals surface area contributed by atoms with Gasteiger partial charge in [-0.25, -0.2) is 4.79 Å². The van der Waals surface area contributed by atoms with Crippen molar-refractivity contribution in [2.45, 2.75) is 32.8 Å². The fourth-order valence-corrected chi connectivity index (χ4v) is 2.93. The summed E-state index contributed by atoms with van der Waals surface area (Å²) in [7, 11) is 0. The summed E-state index contributed by atoms with van der Waals surface area (Å²) in [6, 6.07) is 13.5. The van der Waals surface area contributed by atoms with Crippen LogP contribution in [0, 0.1) is 0 Å². The van der Waals surface area contributed by atoms with Gasteiger partial charge in [0.1, 0.15) is 18.1 Å². The van der Waals surface area contributed by atoms with Crippen LogP contribution in [-0.4, -0.2) is 11.2 Å². The van der Waals surface area contributed by atoms with E-state index in [0.29, 0.717) is 33.1 Å². The Morgan fingerprint density at radius 2 is 1.72 bits per heavy atom. The lowest BCUT2D eigenvalue weighted by molar-refractivity contribution is 0.262. The van der Waals surface area contributed by atoms with Crippen LogP contribution in [0.5, 0.6) is 5.75 Å². The smallest absolute Gasteiger partial charge is 0.324 e. The molecule has 0 spiro atoms. The molecule has 0 atom stereocenters. The van der Waals surface area contributed by atoms with E-state index in [9.17, 15) is 4.79 Å². The first kappa shape index (κ1) is 21.0. The predicted molar refractivity (Wildman–Crippen MR) is 115 cm³/mol. The molecule has 0 saturated carbocycles. The van der Waals surface area contributed by atoms with E-state index in [1.54, 1.807) is 48.5 Å². The van der Waals surface area contributed by atoms with Gasteiger partial charge in [0, 0.05) is 32.8 Å². The normalized spacial score (nSPS) is 11.2. The molecule has 0 aliphatic heterocycles. The number of hydrogen-bond donors (Lipinski definition) is 2. The predicted octanol–water partition coefficient (Wildman–Crippen LogP) is 6.50. The largest absolute Gasteiger partial charge is 0.489 e. The fraction of sp³-hybridized carbons (Fsp3) is 0.238. The van der Waals surface area contributed by atoms with Crippen molar-refractivity contribution in [1.29, 1.82) is 0 Å². The number of nitrogens with zero attached hydrogens (tertiary/aromatic N) is 1. The zero-order valence-corrected chi connectivity index (χ0v) is 17.8. The summed E-state index contributed by atoms with van der Waals surface area (Å²) in [4.78, 5) is 12.1. The van der Waals surface area contributed by atoms with Crippen molar-refractivity contribution >= 4 is 40.7 Å². The number of carbonyl (C=O) groups excluding carboxylic acids is 1. The Bertz CT molecular complexity index is 975. The molecule has 0 fully saturated rings. The van der Waals surface area contributed by atoms with Gasteiger partial charge in [-0.05, 0) is 36.4 Å². The lowest BCUT2D eigenvalue weighted by Crippen LogP contribution is -2.19. The Morgan fingerprint density at radius 1 is 1.07 bits per heavy atom. The van der Waals surface area contributed by atoms with Gasteiger partial charge in [0.15, 0.2) is 5.82 Å². The van der Waals surface area contributed by atoms with E-state index in [-0.39, 0.29) is 12.0 Å². The first-order valence-corrected chi connectivity index (χ1v) is 9.69. The molecule has 3 rings (SSSR count). The number of ether oxygens (including phenoxy) is 1. The average molecular weight is 434 g/mol. The SMILES string of the molecule is CC(C)(C)c1cc(NC(=O)Nc2ccc(OCc3c(Cl)cccc3Cl)cc2)no1. The summed E-state index contributed by atoms with van der Waals surface area (Å²) in [6.45, 7) is 6.25. The van der Waals surface area contributed by atoms with Crippen molar-refractivity contribution in [1.82, 2.24) is 5.16 Å². The molecule has 0 saturated heterocycles. The van der Waals surface area contributed by atoms with Crippen LogP contribution < -0.4 is 15.4 Å². The number of rotatable bonds is 5. The molecule has 0 unspecified atom stereocenters. The van der Waals surface area contributed by atoms with Crippen LogP contribution in [0.25, 0.3) is 0 Å². The fourth-order valence-electron chi connectivity index (χ4n) is 2.43.